The zero-order chi connectivity index (χ0) is 23.8. The molecule has 8 heteroatoms. The van der Waals surface area contributed by atoms with Gasteiger partial charge >= 0.3 is 5.97 Å². The number of unbranched alkanes of at least 4 members (excludes halogenated alkanes) is 3. The number of rotatable bonds is 11. The minimum atomic E-state index is -0.642. The van der Waals surface area contributed by atoms with Crippen molar-refractivity contribution in [2.45, 2.75) is 32.6 Å². The van der Waals surface area contributed by atoms with E-state index in [1.54, 1.807) is 24.3 Å². The zero-order valence-corrected chi connectivity index (χ0v) is 18.7. The molecule has 174 valence electrons. The Morgan fingerprint density at radius 1 is 0.909 bits per heavy atom. The number of anilines is 2. The second kappa shape index (κ2) is 11.2. The second-order valence-corrected chi connectivity index (χ2v) is 7.77. The van der Waals surface area contributed by atoms with Crippen molar-refractivity contribution in [2.24, 2.45) is 0 Å². The maximum absolute atomic E-state index is 13.1. The first kappa shape index (κ1) is 23.8. The first-order valence-corrected chi connectivity index (χ1v) is 11.0. The Labute approximate surface area is 193 Å². The largest absolute Gasteiger partial charge is 0.487 e. The lowest BCUT2D eigenvalue weighted by Crippen LogP contribution is -2.35. The minimum Gasteiger partial charge on any atom is -0.487 e. The van der Waals surface area contributed by atoms with Gasteiger partial charge in [-0.2, -0.15) is 0 Å². The fraction of sp³-hybridized carbons (Fsp3) is 0.320. The van der Waals surface area contributed by atoms with Crippen molar-refractivity contribution in [3.05, 3.63) is 65.4 Å². The van der Waals surface area contributed by atoms with Gasteiger partial charge in [0.2, 0.25) is 0 Å². The normalized spacial score (nSPS) is 13.5. The standard InChI is InChI=1S/C25H29N3O5/c1-2-3-4-8-12-32-22-21(17-9-6-5-7-10-17)23(29)28(24(22)30)11-13-33-25(31)18-14-19(26)16-20(27)15-18/h5-7,9-10,14-16H,2-4,8,11-13,26-27H2,1H3. The molecule has 0 saturated heterocycles. The van der Waals surface area contributed by atoms with Crippen LogP contribution in [0.15, 0.2) is 54.3 Å². The lowest BCUT2D eigenvalue weighted by atomic mass is 10.1. The molecule has 1 heterocycles. The van der Waals surface area contributed by atoms with E-state index >= 15 is 0 Å². The Kier molecular flexibility index (Phi) is 8.07. The number of nitrogens with zero attached hydrogens (tertiary/aromatic N) is 1. The van der Waals surface area contributed by atoms with Crippen molar-refractivity contribution in [1.29, 1.82) is 0 Å². The van der Waals surface area contributed by atoms with Crippen LogP contribution < -0.4 is 11.5 Å². The average Bonchev–Trinajstić information content (AvgIpc) is 3.03. The fourth-order valence-corrected chi connectivity index (χ4v) is 3.56. The highest BCUT2D eigenvalue weighted by atomic mass is 16.5. The van der Waals surface area contributed by atoms with E-state index in [1.165, 1.54) is 18.2 Å². The molecule has 2 amide bonds. The Balaban J connectivity index is 1.67. The SMILES string of the molecule is CCCCCCOC1=C(c2ccccc2)C(=O)N(CCOC(=O)c2cc(N)cc(N)c2)C1=O. The van der Waals surface area contributed by atoms with Gasteiger partial charge in [-0.15, -0.1) is 0 Å². The molecule has 0 fully saturated rings. The summed E-state index contributed by atoms with van der Waals surface area (Å²) in [4.78, 5) is 39.4. The van der Waals surface area contributed by atoms with Crippen LogP contribution in [0.2, 0.25) is 0 Å². The predicted octanol–water partition coefficient (Wildman–Crippen LogP) is 3.38. The number of imide groups is 1. The van der Waals surface area contributed by atoms with Gasteiger partial charge < -0.3 is 20.9 Å². The van der Waals surface area contributed by atoms with Crippen molar-refractivity contribution in [3.63, 3.8) is 0 Å². The molecule has 8 nitrogen and oxygen atoms in total. The molecule has 2 aromatic rings. The number of benzene rings is 2. The topological polar surface area (TPSA) is 125 Å². The van der Waals surface area contributed by atoms with Crippen LogP contribution in [0.3, 0.4) is 0 Å². The molecule has 0 bridgehead atoms. The Morgan fingerprint density at radius 3 is 2.27 bits per heavy atom. The molecule has 2 aromatic carbocycles. The van der Waals surface area contributed by atoms with Crippen LogP contribution in [-0.4, -0.2) is 42.4 Å². The molecule has 1 aliphatic heterocycles. The van der Waals surface area contributed by atoms with Crippen molar-refractivity contribution in [2.75, 3.05) is 31.2 Å². The van der Waals surface area contributed by atoms with Crippen LogP contribution in [0.1, 0.15) is 48.5 Å². The summed E-state index contributed by atoms with van der Waals surface area (Å²) in [6, 6.07) is 13.4. The van der Waals surface area contributed by atoms with E-state index in [0.29, 0.717) is 23.5 Å². The molecular weight excluding hydrogens is 422 g/mol. The van der Waals surface area contributed by atoms with Crippen LogP contribution in [0.25, 0.3) is 5.57 Å². The quantitative estimate of drug-likeness (QED) is 0.232. The van der Waals surface area contributed by atoms with Crippen molar-refractivity contribution >= 4 is 34.7 Å². The molecule has 0 unspecified atom stereocenters. The highest BCUT2D eigenvalue weighted by Gasteiger charge is 2.40. The number of carbonyl (C=O) groups is 3. The highest BCUT2D eigenvalue weighted by molar-refractivity contribution is 6.35. The number of carbonyl (C=O) groups excluding carboxylic acids is 3. The molecular formula is C25H29N3O5. The summed E-state index contributed by atoms with van der Waals surface area (Å²) in [6.45, 7) is 2.20. The van der Waals surface area contributed by atoms with Crippen LogP contribution >= 0.6 is 0 Å². The monoisotopic (exact) mass is 451 g/mol. The van der Waals surface area contributed by atoms with Crippen molar-refractivity contribution in [3.8, 4) is 0 Å². The number of esters is 1. The maximum atomic E-state index is 13.1. The summed E-state index contributed by atoms with van der Waals surface area (Å²) in [5.41, 5.74) is 13.1. The van der Waals surface area contributed by atoms with Crippen LogP contribution in [0.5, 0.6) is 0 Å². The van der Waals surface area contributed by atoms with Crippen molar-refractivity contribution in [1.82, 2.24) is 4.90 Å². The Hall–Kier alpha value is -3.81. The average molecular weight is 452 g/mol. The number of hydrogen-bond acceptors (Lipinski definition) is 7. The lowest BCUT2D eigenvalue weighted by molar-refractivity contribution is -0.139. The minimum absolute atomic E-state index is 0.0395. The van der Waals surface area contributed by atoms with E-state index in [-0.39, 0.29) is 30.0 Å². The summed E-state index contributed by atoms with van der Waals surface area (Å²) in [5.74, 6) is -1.60. The Bertz CT molecular complexity index is 1030. The molecule has 33 heavy (non-hydrogen) atoms. The predicted molar refractivity (Wildman–Crippen MR) is 126 cm³/mol. The van der Waals surface area contributed by atoms with E-state index < -0.39 is 17.8 Å². The van der Waals surface area contributed by atoms with Gasteiger partial charge in [-0.3, -0.25) is 14.5 Å². The third kappa shape index (κ3) is 5.91. The number of nitrogen functional groups attached to an aromatic ring is 2. The summed E-state index contributed by atoms with van der Waals surface area (Å²) < 4.78 is 11.0. The fourth-order valence-electron chi connectivity index (χ4n) is 3.56. The van der Waals surface area contributed by atoms with Gasteiger partial charge in [-0.05, 0) is 30.2 Å². The molecule has 0 saturated carbocycles. The van der Waals surface area contributed by atoms with E-state index in [4.69, 9.17) is 20.9 Å². The second-order valence-electron chi connectivity index (χ2n) is 7.77. The van der Waals surface area contributed by atoms with Crippen LogP contribution in [-0.2, 0) is 19.1 Å². The molecule has 0 atom stereocenters. The first-order valence-electron chi connectivity index (χ1n) is 11.0. The Morgan fingerprint density at radius 2 is 1.61 bits per heavy atom. The highest BCUT2D eigenvalue weighted by Crippen LogP contribution is 2.30. The summed E-state index contributed by atoms with van der Waals surface area (Å²) in [7, 11) is 0. The lowest BCUT2D eigenvalue weighted by Gasteiger charge is -2.15. The third-order valence-electron chi connectivity index (χ3n) is 5.19. The molecule has 1 aliphatic rings. The van der Waals surface area contributed by atoms with Crippen molar-refractivity contribution < 1.29 is 23.9 Å². The third-order valence-corrected chi connectivity index (χ3v) is 5.19. The molecule has 0 radical (unpaired) electrons. The van der Waals surface area contributed by atoms with Gasteiger partial charge in [0.15, 0.2) is 5.76 Å². The maximum Gasteiger partial charge on any atom is 0.338 e. The van der Waals surface area contributed by atoms with Gasteiger partial charge in [-0.25, -0.2) is 4.79 Å². The number of nitrogens with two attached hydrogens (primary N) is 2. The van der Waals surface area contributed by atoms with E-state index in [1.807, 2.05) is 6.07 Å². The van der Waals surface area contributed by atoms with Gasteiger partial charge in [0.05, 0.1) is 24.3 Å². The van der Waals surface area contributed by atoms with E-state index in [0.717, 1.165) is 30.6 Å². The number of hydrogen-bond donors (Lipinski definition) is 2. The van der Waals surface area contributed by atoms with Gasteiger partial charge in [-0.1, -0.05) is 56.5 Å². The summed E-state index contributed by atoms with van der Waals surface area (Å²) in [5, 5.41) is 0. The molecule has 0 spiro atoms. The molecule has 3 rings (SSSR count). The summed E-state index contributed by atoms with van der Waals surface area (Å²) in [6.07, 6.45) is 3.95. The van der Waals surface area contributed by atoms with E-state index in [9.17, 15) is 14.4 Å². The van der Waals surface area contributed by atoms with Gasteiger partial charge in [0.25, 0.3) is 11.8 Å². The molecule has 0 aromatic heterocycles. The number of amides is 2. The first-order chi connectivity index (χ1) is 15.9. The van der Waals surface area contributed by atoms with Crippen LogP contribution in [0, 0.1) is 0 Å². The molecule has 0 aliphatic carbocycles. The van der Waals surface area contributed by atoms with Gasteiger partial charge in [0, 0.05) is 11.4 Å². The van der Waals surface area contributed by atoms with Gasteiger partial charge in [0.1, 0.15) is 6.61 Å². The smallest absolute Gasteiger partial charge is 0.338 e. The molecule has 4 N–H and O–H groups in total. The summed E-state index contributed by atoms with van der Waals surface area (Å²) >= 11 is 0. The van der Waals surface area contributed by atoms with Crippen LogP contribution in [0.4, 0.5) is 11.4 Å². The van der Waals surface area contributed by atoms with E-state index in [2.05, 4.69) is 6.92 Å². The zero-order valence-electron chi connectivity index (χ0n) is 18.7. The number of ether oxygens (including phenoxy) is 2.